The van der Waals surface area contributed by atoms with Gasteiger partial charge in [0.1, 0.15) is 5.60 Å². The first kappa shape index (κ1) is 14.9. The molecular formula is C11H22N2O3. The largest absolute Gasteiger partial charge is 0.444 e. The first-order valence-electron chi connectivity index (χ1n) is 5.41. The Labute approximate surface area is 96.7 Å². The van der Waals surface area contributed by atoms with Crippen molar-refractivity contribution in [3.63, 3.8) is 0 Å². The molecule has 2 amide bonds. The van der Waals surface area contributed by atoms with Crippen LogP contribution in [0.2, 0.25) is 0 Å². The van der Waals surface area contributed by atoms with E-state index in [4.69, 9.17) is 10.5 Å². The van der Waals surface area contributed by atoms with Crippen LogP contribution < -0.4 is 11.1 Å². The average molecular weight is 230 g/mol. The zero-order valence-corrected chi connectivity index (χ0v) is 10.7. The Kier molecular flexibility index (Phi) is 5.44. The summed E-state index contributed by atoms with van der Waals surface area (Å²) in [5, 5.41) is 2.12. The number of rotatable bonds is 3. The maximum atomic E-state index is 11.4. The lowest BCUT2D eigenvalue weighted by Crippen LogP contribution is -2.45. The highest BCUT2D eigenvalue weighted by atomic mass is 16.6. The van der Waals surface area contributed by atoms with Crippen LogP contribution in [0, 0.1) is 5.92 Å². The van der Waals surface area contributed by atoms with Crippen molar-refractivity contribution in [3.05, 3.63) is 0 Å². The highest BCUT2D eigenvalue weighted by molar-refractivity contribution is 5.94. The number of ether oxygens (including phenoxy) is 1. The Morgan fingerprint density at radius 2 is 1.81 bits per heavy atom. The van der Waals surface area contributed by atoms with Crippen LogP contribution in [0.4, 0.5) is 4.79 Å². The molecule has 5 heteroatoms. The van der Waals surface area contributed by atoms with Crippen molar-refractivity contribution in [2.24, 2.45) is 11.7 Å². The molecule has 94 valence electrons. The molecule has 0 fully saturated rings. The van der Waals surface area contributed by atoms with Gasteiger partial charge in [0.05, 0.1) is 6.04 Å². The van der Waals surface area contributed by atoms with Gasteiger partial charge in [-0.05, 0) is 33.1 Å². The second-order valence-electron chi connectivity index (χ2n) is 5.23. The summed E-state index contributed by atoms with van der Waals surface area (Å²) in [5.74, 6) is -0.192. The number of nitrogens with one attached hydrogen (secondary N) is 1. The molecule has 0 spiro atoms. The Morgan fingerprint density at radius 3 is 2.19 bits per heavy atom. The summed E-state index contributed by atoms with van der Waals surface area (Å²) in [5.41, 5.74) is 4.99. The summed E-state index contributed by atoms with van der Waals surface area (Å²) >= 11 is 0. The number of hydrogen-bond acceptors (Lipinski definition) is 4. The number of alkyl carbamates (subject to hydrolysis) is 1. The molecule has 5 nitrogen and oxygen atoms in total. The fraction of sp³-hybridized carbons (Fsp3) is 0.818. The second kappa shape index (κ2) is 5.84. The van der Waals surface area contributed by atoms with E-state index in [1.165, 1.54) is 0 Å². The van der Waals surface area contributed by atoms with Gasteiger partial charge in [0.25, 0.3) is 0 Å². The molecule has 0 aromatic rings. The molecule has 0 heterocycles. The van der Waals surface area contributed by atoms with Gasteiger partial charge < -0.3 is 10.5 Å². The summed E-state index contributed by atoms with van der Waals surface area (Å²) in [6.07, 6.45) is -0.217. The SMILES string of the molecule is CC(C)C[C@H](N)C(=O)NC(=O)OC(C)(C)C. The van der Waals surface area contributed by atoms with Crippen LogP contribution in [-0.2, 0) is 9.53 Å². The topological polar surface area (TPSA) is 81.4 Å². The standard InChI is InChI=1S/C11H22N2O3/c1-7(2)6-8(12)9(14)13-10(15)16-11(3,4)5/h7-8H,6,12H2,1-5H3,(H,13,14,15)/t8-/m0/s1. The van der Waals surface area contributed by atoms with Crippen LogP contribution in [-0.4, -0.2) is 23.6 Å². The summed E-state index contributed by atoms with van der Waals surface area (Å²) < 4.78 is 4.94. The monoisotopic (exact) mass is 230 g/mol. The molecule has 0 rings (SSSR count). The second-order valence-corrected chi connectivity index (χ2v) is 5.23. The summed E-state index contributed by atoms with van der Waals surface area (Å²) in [6, 6.07) is -0.674. The molecular weight excluding hydrogens is 208 g/mol. The molecule has 1 atom stereocenters. The van der Waals surface area contributed by atoms with E-state index in [1.807, 2.05) is 13.8 Å². The zero-order chi connectivity index (χ0) is 12.9. The van der Waals surface area contributed by atoms with Gasteiger partial charge in [0.15, 0.2) is 0 Å². The van der Waals surface area contributed by atoms with Gasteiger partial charge >= 0.3 is 6.09 Å². The number of imide groups is 1. The maximum absolute atomic E-state index is 11.4. The minimum atomic E-state index is -0.753. The molecule has 0 saturated carbocycles. The maximum Gasteiger partial charge on any atom is 0.414 e. The van der Waals surface area contributed by atoms with Gasteiger partial charge in [-0.2, -0.15) is 0 Å². The third-order valence-corrected chi connectivity index (χ3v) is 1.69. The van der Waals surface area contributed by atoms with Gasteiger partial charge in [-0.25, -0.2) is 4.79 Å². The Morgan fingerprint density at radius 1 is 1.31 bits per heavy atom. The molecule has 0 aliphatic heterocycles. The van der Waals surface area contributed by atoms with E-state index >= 15 is 0 Å². The van der Waals surface area contributed by atoms with E-state index in [9.17, 15) is 9.59 Å². The van der Waals surface area contributed by atoms with E-state index in [0.29, 0.717) is 12.3 Å². The molecule has 0 saturated heterocycles. The smallest absolute Gasteiger partial charge is 0.414 e. The average Bonchev–Trinajstić information content (AvgIpc) is 1.98. The van der Waals surface area contributed by atoms with Crippen LogP contribution in [0.1, 0.15) is 41.0 Å². The van der Waals surface area contributed by atoms with Crippen molar-refractivity contribution in [2.45, 2.75) is 52.7 Å². The fourth-order valence-electron chi connectivity index (χ4n) is 1.11. The van der Waals surface area contributed by atoms with Crippen LogP contribution in [0.15, 0.2) is 0 Å². The van der Waals surface area contributed by atoms with Crippen molar-refractivity contribution in [3.8, 4) is 0 Å². The molecule has 0 aromatic carbocycles. The van der Waals surface area contributed by atoms with E-state index < -0.39 is 23.6 Å². The Hall–Kier alpha value is -1.10. The lowest BCUT2D eigenvalue weighted by molar-refractivity contribution is -0.122. The van der Waals surface area contributed by atoms with Crippen LogP contribution >= 0.6 is 0 Å². The molecule has 16 heavy (non-hydrogen) atoms. The zero-order valence-electron chi connectivity index (χ0n) is 10.7. The fourth-order valence-corrected chi connectivity index (χ4v) is 1.11. The third kappa shape index (κ3) is 7.23. The van der Waals surface area contributed by atoms with E-state index in [2.05, 4.69) is 5.32 Å². The van der Waals surface area contributed by atoms with Crippen molar-refractivity contribution in [2.75, 3.05) is 0 Å². The van der Waals surface area contributed by atoms with Crippen molar-refractivity contribution in [1.29, 1.82) is 0 Å². The summed E-state index contributed by atoms with van der Waals surface area (Å²) in [6.45, 7) is 9.10. The Bertz CT molecular complexity index is 256. The predicted octanol–water partition coefficient (Wildman–Crippen LogP) is 1.41. The molecule has 0 unspecified atom stereocenters. The summed E-state index contributed by atoms with van der Waals surface area (Å²) in [4.78, 5) is 22.7. The quantitative estimate of drug-likeness (QED) is 0.768. The number of carbonyl (C=O) groups is 2. The van der Waals surface area contributed by atoms with Crippen LogP contribution in [0.3, 0.4) is 0 Å². The molecule has 0 bridgehead atoms. The van der Waals surface area contributed by atoms with Crippen molar-refractivity contribution in [1.82, 2.24) is 5.32 Å². The highest BCUT2D eigenvalue weighted by Gasteiger charge is 2.21. The molecule has 0 aliphatic carbocycles. The summed E-state index contributed by atoms with van der Waals surface area (Å²) in [7, 11) is 0. The number of carbonyl (C=O) groups excluding carboxylic acids is 2. The number of nitrogens with two attached hydrogens (primary N) is 1. The van der Waals surface area contributed by atoms with Gasteiger partial charge in [-0.3, -0.25) is 10.1 Å². The van der Waals surface area contributed by atoms with Gasteiger partial charge in [0.2, 0.25) is 5.91 Å². The third-order valence-electron chi connectivity index (χ3n) is 1.69. The van der Waals surface area contributed by atoms with E-state index in [-0.39, 0.29) is 0 Å². The lowest BCUT2D eigenvalue weighted by Gasteiger charge is -2.20. The lowest BCUT2D eigenvalue weighted by atomic mass is 10.0. The van der Waals surface area contributed by atoms with Gasteiger partial charge in [0, 0.05) is 0 Å². The van der Waals surface area contributed by atoms with Crippen molar-refractivity contribution >= 4 is 12.0 Å². The number of amides is 2. The molecule has 0 radical (unpaired) electrons. The van der Waals surface area contributed by atoms with Gasteiger partial charge in [-0.15, -0.1) is 0 Å². The minimum Gasteiger partial charge on any atom is -0.444 e. The first-order valence-corrected chi connectivity index (χ1v) is 5.41. The Balaban J connectivity index is 4.10. The normalized spacial score (nSPS) is 13.4. The van der Waals surface area contributed by atoms with Crippen LogP contribution in [0.25, 0.3) is 0 Å². The van der Waals surface area contributed by atoms with E-state index in [0.717, 1.165) is 0 Å². The van der Waals surface area contributed by atoms with Crippen LogP contribution in [0.5, 0.6) is 0 Å². The van der Waals surface area contributed by atoms with Crippen molar-refractivity contribution < 1.29 is 14.3 Å². The molecule has 0 aromatic heterocycles. The molecule has 0 aliphatic rings. The van der Waals surface area contributed by atoms with E-state index in [1.54, 1.807) is 20.8 Å². The molecule has 3 N–H and O–H groups in total. The predicted molar refractivity (Wildman–Crippen MR) is 61.8 cm³/mol. The minimum absolute atomic E-state index is 0.305. The first-order chi connectivity index (χ1) is 7.11. The number of hydrogen-bond donors (Lipinski definition) is 2. The van der Waals surface area contributed by atoms with Gasteiger partial charge in [-0.1, -0.05) is 13.8 Å². The highest BCUT2D eigenvalue weighted by Crippen LogP contribution is 2.07.